The van der Waals surface area contributed by atoms with Gasteiger partial charge in [-0.15, -0.1) is 0 Å². The molecule has 0 N–H and O–H groups in total. The lowest BCUT2D eigenvalue weighted by molar-refractivity contribution is 0.0798. The van der Waals surface area contributed by atoms with Crippen LogP contribution in [0.4, 0.5) is 8.78 Å². The van der Waals surface area contributed by atoms with Crippen LogP contribution < -0.4 is 10.3 Å². The minimum atomic E-state index is -2.65. The molecule has 3 heterocycles. The van der Waals surface area contributed by atoms with Gasteiger partial charge in [0.1, 0.15) is 11.0 Å². The monoisotopic (exact) mass is 467 g/mol. The Bertz CT molecular complexity index is 1550. The van der Waals surface area contributed by atoms with Gasteiger partial charge >= 0.3 is 0 Å². The topological polar surface area (TPSA) is 74.8 Å². The van der Waals surface area contributed by atoms with Gasteiger partial charge in [0.25, 0.3) is 12.0 Å². The molecule has 0 unspecified atom stereocenters. The summed E-state index contributed by atoms with van der Waals surface area (Å²) in [5, 5.41) is 10.2. The molecule has 0 radical (unpaired) electrons. The molecular weight excluding hydrogens is 452 g/mol. The van der Waals surface area contributed by atoms with E-state index in [9.17, 15) is 13.6 Å². The minimum Gasteiger partial charge on any atom is -0.472 e. The lowest BCUT2D eigenvalue weighted by atomic mass is 10.1. The Labute approximate surface area is 190 Å². The summed E-state index contributed by atoms with van der Waals surface area (Å²) >= 11 is 6.03. The van der Waals surface area contributed by atoms with Crippen LogP contribution in [0.2, 0.25) is 5.02 Å². The quantitative estimate of drug-likeness (QED) is 0.376. The van der Waals surface area contributed by atoms with Crippen LogP contribution in [-0.2, 0) is 7.05 Å². The molecule has 0 amide bonds. The fourth-order valence-corrected chi connectivity index (χ4v) is 3.73. The van der Waals surface area contributed by atoms with Gasteiger partial charge in [0.2, 0.25) is 5.88 Å². The zero-order valence-electron chi connectivity index (χ0n) is 17.2. The largest absolute Gasteiger partial charge is 0.472 e. The number of aryl methyl sites for hydroxylation is 1. The Balaban J connectivity index is 1.75. The Hall–Kier alpha value is -3.85. The highest BCUT2D eigenvalue weighted by Gasteiger charge is 2.18. The van der Waals surface area contributed by atoms with Crippen LogP contribution in [0.25, 0.3) is 38.8 Å². The molecular formula is C23H16ClF2N5O2. The van der Waals surface area contributed by atoms with Gasteiger partial charge in [0, 0.05) is 29.7 Å². The van der Waals surface area contributed by atoms with E-state index in [1.54, 1.807) is 41.1 Å². The van der Waals surface area contributed by atoms with E-state index in [1.165, 1.54) is 10.7 Å². The van der Waals surface area contributed by atoms with E-state index in [0.717, 1.165) is 10.9 Å². The van der Waals surface area contributed by atoms with Gasteiger partial charge in [-0.2, -0.15) is 14.9 Å². The first kappa shape index (κ1) is 21.0. The zero-order valence-corrected chi connectivity index (χ0v) is 18.0. The maximum atomic E-state index is 13.6. The van der Waals surface area contributed by atoms with E-state index in [4.69, 9.17) is 16.3 Å². The third kappa shape index (κ3) is 4.03. The summed E-state index contributed by atoms with van der Waals surface area (Å²) in [5.41, 5.74) is 2.37. The summed E-state index contributed by atoms with van der Waals surface area (Å²) in [6.45, 7) is -0.801. The number of rotatable bonds is 5. The second-order valence-corrected chi connectivity index (χ2v) is 7.80. The predicted molar refractivity (Wildman–Crippen MR) is 121 cm³/mol. The molecule has 5 aromatic rings. The summed E-state index contributed by atoms with van der Waals surface area (Å²) in [5.74, 6) is -0.0197. The second-order valence-electron chi connectivity index (χ2n) is 7.36. The van der Waals surface area contributed by atoms with Crippen LogP contribution >= 0.6 is 11.6 Å². The molecule has 5 rings (SSSR count). The number of pyridine rings is 1. The van der Waals surface area contributed by atoms with Crippen LogP contribution in [0, 0.1) is 0 Å². The molecule has 33 heavy (non-hydrogen) atoms. The molecule has 0 atom stereocenters. The van der Waals surface area contributed by atoms with Gasteiger partial charge in [-0.3, -0.25) is 9.48 Å². The van der Waals surface area contributed by atoms with Crippen LogP contribution in [0.15, 0.2) is 65.6 Å². The van der Waals surface area contributed by atoms with Crippen molar-refractivity contribution in [2.45, 2.75) is 6.43 Å². The summed E-state index contributed by atoms with van der Waals surface area (Å²) in [6, 6.07) is 15.1. The maximum Gasteiger partial charge on any atom is 0.281 e. The number of benzene rings is 2. The fourth-order valence-electron chi connectivity index (χ4n) is 3.61. The first-order chi connectivity index (χ1) is 15.9. The van der Waals surface area contributed by atoms with Crippen molar-refractivity contribution in [2.75, 3.05) is 6.61 Å². The Morgan fingerprint density at radius 3 is 2.55 bits per heavy atom. The van der Waals surface area contributed by atoms with Gasteiger partial charge < -0.3 is 4.74 Å². The van der Waals surface area contributed by atoms with E-state index in [-0.39, 0.29) is 17.0 Å². The molecule has 0 fully saturated rings. The lowest BCUT2D eigenvalue weighted by Crippen LogP contribution is -2.23. The molecule has 0 saturated carbocycles. The van der Waals surface area contributed by atoms with Gasteiger partial charge in [0.15, 0.2) is 6.61 Å². The number of fused-ring (bicyclic) bond motifs is 2. The van der Waals surface area contributed by atoms with E-state index in [2.05, 4.69) is 15.2 Å². The summed E-state index contributed by atoms with van der Waals surface area (Å²) < 4.78 is 33.2. The van der Waals surface area contributed by atoms with E-state index in [1.807, 2.05) is 25.4 Å². The molecule has 0 saturated heterocycles. The van der Waals surface area contributed by atoms with Crippen LogP contribution in [0.3, 0.4) is 0 Å². The highest BCUT2D eigenvalue weighted by atomic mass is 35.5. The van der Waals surface area contributed by atoms with Crippen molar-refractivity contribution in [1.82, 2.24) is 24.5 Å². The van der Waals surface area contributed by atoms with E-state index >= 15 is 0 Å². The van der Waals surface area contributed by atoms with Crippen LogP contribution in [0.5, 0.6) is 5.88 Å². The van der Waals surface area contributed by atoms with Crippen molar-refractivity contribution in [3.63, 3.8) is 0 Å². The fraction of sp³-hybridized carbons (Fsp3) is 0.130. The molecule has 166 valence electrons. The molecule has 7 nitrogen and oxygen atoms in total. The van der Waals surface area contributed by atoms with Crippen LogP contribution in [0.1, 0.15) is 0 Å². The molecule has 3 aromatic heterocycles. The van der Waals surface area contributed by atoms with E-state index in [0.29, 0.717) is 21.8 Å². The summed E-state index contributed by atoms with van der Waals surface area (Å²) in [6.07, 6.45) is -0.800. The van der Waals surface area contributed by atoms with Crippen molar-refractivity contribution in [1.29, 1.82) is 0 Å². The van der Waals surface area contributed by atoms with Crippen molar-refractivity contribution in [2.24, 2.45) is 7.05 Å². The van der Waals surface area contributed by atoms with Gasteiger partial charge in [-0.05, 0) is 42.0 Å². The maximum absolute atomic E-state index is 13.6. The molecule has 10 heteroatoms. The standard InChI is InChI=1S/C23H16ClF2N5O2/c1-30-11-14-10-16(6-7-17(14)28-30)31-23(32)21(13-2-4-15(24)5-3-13)22-18(29-31)8-9-20(27-22)33-12-19(25)26/h2-11,19H,12H2,1H3. The number of nitrogens with zero attached hydrogens (tertiary/aromatic N) is 5. The molecule has 2 aromatic carbocycles. The number of aromatic nitrogens is 5. The minimum absolute atomic E-state index is 0.0197. The van der Waals surface area contributed by atoms with Crippen molar-refractivity contribution in [3.05, 3.63) is 76.2 Å². The molecule has 0 aliphatic rings. The second kappa shape index (κ2) is 8.25. The highest BCUT2D eigenvalue weighted by molar-refractivity contribution is 6.30. The predicted octanol–water partition coefficient (Wildman–Crippen LogP) is 4.63. The Kier molecular flexibility index (Phi) is 5.26. The molecule has 0 aliphatic heterocycles. The highest BCUT2D eigenvalue weighted by Crippen LogP contribution is 2.27. The summed E-state index contributed by atoms with van der Waals surface area (Å²) in [4.78, 5) is 18.0. The van der Waals surface area contributed by atoms with Gasteiger partial charge in [-0.25, -0.2) is 13.8 Å². The number of halogens is 3. The molecule has 0 aliphatic carbocycles. The molecule has 0 bridgehead atoms. The SMILES string of the molecule is Cn1cc2cc(-n3nc4ccc(OCC(F)F)nc4c(-c4ccc(Cl)cc4)c3=O)ccc2n1. The third-order valence-electron chi connectivity index (χ3n) is 5.04. The smallest absolute Gasteiger partial charge is 0.281 e. The number of hydrogen-bond acceptors (Lipinski definition) is 5. The van der Waals surface area contributed by atoms with Crippen molar-refractivity contribution in [3.8, 4) is 22.7 Å². The average Bonchev–Trinajstić information content (AvgIpc) is 3.17. The Morgan fingerprint density at radius 1 is 1.03 bits per heavy atom. The van der Waals surface area contributed by atoms with Gasteiger partial charge in [-0.1, -0.05) is 23.7 Å². The Morgan fingerprint density at radius 2 is 1.79 bits per heavy atom. The first-order valence-corrected chi connectivity index (χ1v) is 10.3. The van der Waals surface area contributed by atoms with Gasteiger partial charge in [0.05, 0.1) is 16.8 Å². The van der Waals surface area contributed by atoms with Crippen molar-refractivity contribution < 1.29 is 13.5 Å². The summed E-state index contributed by atoms with van der Waals surface area (Å²) in [7, 11) is 1.82. The number of hydrogen-bond donors (Lipinski definition) is 0. The normalized spacial score (nSPS) is 11.5. The zero-order chi connectivity index (χ0) is 23.1. The number of alkyl halides is 2. The van der Waals surface area contributed by atoms with Crippen molar-refractivity contribution >= 4 is 33.5 Å². The van der Waals surface area contributed by atoms with Crippen LogP contribution in [-0.4, -0.2) is 37.6 Å². The third-order valence-corrected chi connectivity index (χ3v) is 5.29. The number of ether oxygens (including phenoxy) is 1. The lowest BCUT2D eigenvalue weighted by Gasteiger charge is -2.12. The van der Waals surface area contributed by atoms with E-state index < -0.39 is 18.6 Å². The first-order valence-electron chi connectivity index (χ1n) is 9.94. The molecule has 0 spiro atoms. The average molecular weight is 468 g/mol.